The third kappa shape index (κ3) is 3.39. The van der Waals surface area contributed by atoms with E-state index in [1.54, 1.807) is 6.26 Å². The molecule has 3 aromatic rings. The van der Waals surface area contributed by atoms with Gasteiger partial charge in [0.1, 0.15) is 11.8 Å². The SMILES string of the molecule is O=C(N[C@@H](c1ccccc1)c1ccco1)c1cccc(I)c1. The zero-order valence-corrected chi connectivity index (χ0v) is 13.9. The van der Waals surface area contributed by atoms with Gasteiger partial charge in [-0.2, -0.15) is 0 Å². The maximum atomic E-state index is 12.5. The molecule has 0 aliphatic rings. The number of carbonyl (C=O) groups is 1. The molecule has 1 N–H and O–H groups in total. The molecule has 1 amide bonds. The van der Waals surface area contributed by atoms with Crippen LogP contribution in [-0.4, -0.2) is 5.91 Å². The Balaban J connectivity index is 1.89. The predicted octanol–water partition coefficient (Wildman–Crippen LogP) is 4.40. The quantitative estimate of drug-likeness (QED) is 0.657. The number of nitrogens with one attached hydrogen (secondary N) is 1. The van der Waals surface area contributed by atoms with Gasteiger partial charge in [0.05, 0.1) is 6.26 Å². The summed E-state index contributed by atoms with van der Waals surface area (Å²) >= 11 is 2.20. The summed E-state index contributed by atoms with van der Waals surface area (Å²) < 4.78 is 6.52. The van der Waals surface area contributed by atoms with Crippen LogP contribution in [0, 0.1) is 3.57 Å². The van der Waals surface area contributed by atoms with E-state index in [1.807, 2.05) is 66.7 Å². The number of benzene rings is 2. The van der Waals surface area contributed by atoms with E-state index >= 15 is 0 Å². The average molecular weight is 403 g/mol. The van der Waals surface area contributed by atoms with Gasteiger partial charge in [-0.3, -0.25) is 4.79 Å². The zero-order valence-electron chi connectivity index (χ0n) is 11.7. The summed E-state index contributed by atoms with van der Waals surface area (Å²) in [7, 11) is 0. The highest BCUT2D eigenvalue weighted by atomic mass is 127. The van der Waals surface area contributed by atoms with E-state index in [-0.39, 0.29) is 11.9 Å². The highest BCUT2D eigenvalue weighted by Crippen LogP contribution is 2.23. The molecule has 1 aromatic heterocycles. The second kappa shape index (κ2) is 6.79. The maximum absolute atomic E-state index is 12.5. The van der Waals surface area contributed by atoms with Crippen molar-refractivity contribution in [2.24, 2.45) is 0 Å². The first-order valence-electron chi connectivity index (χ1n) is 6.89. The molecule has 110 valence electrons. The van der Waals surface area contributed by atoms with Gasteiger partial charge < -0.3 is 9.73 Å². The lowest BCUT2D eigenvalue weighted by atomic mass is 10.0. The first-order valence-corrected chi connectivity index (χ1v) is 7.97. The number of hydrogen-bond donors (Lipinski definition) is 1. The molecule has 0 fully saturated rings. The topological polar surface area (TPSA) is 42.2 Å². The Morgan fingerprint density at radius 3 is 2.50 bits per heavy atom. The summed E-state index contributed by atoms with van der Waals surface area (Å²) in [6.45, 7) is 0. The molecule has 0 saturated carbocycles. The number of halogens is 1. The average Bonchev–Trinajstić information content (AvgIpc) is 3.07. The predicted molar refractivity (Wildman–Crippen MR) is 93.6 cm³/mol. The summed E-state index contributed by atoms with van der Waals surface area (Å²) in [5, 5.41) is 3.04. The van der Waals surface area contributed by atoms with E-state index in [1.165, 1.54) is 0 Å². The fourth-order valence-corrected chi connectivity index (χ4v) is 2.81. The minimum atomic E-state index is -0.304. The summed E-state index contributed by atoms with van der Waals surface area (Å²) in [5.74, 6) is 0.592. The van der Waals surface area contributed by atoms with Gasteiger partial charge >= 0.3 is 0 Å². The fraction of sp³-hybridized carbons (Fsp3) is 0.0556. The Kier molecular flexibility index (Phi) is 4.58. The van der Waals surface area contributed by atoms with Gasteiger partial charge in [0.2, 0.25) is 0 Å². The number of carbonyl (C=O) groups excluding carboxylic acids is 1. The van der Waals surface area contributed by atoms with E-state index in [0.29, 0.717) is 11.3 Å². The van der Waals surface area contributed by atoms with Crippen molar-refractivity contribution >= 4 is 28.5 Å². The van der Waals surface area contributed by atoms with Crippen LogP contribution in [0.2, 0.25) is 0 Å². The van der Waals surface area contributed by atoms with Gasteiger partial charge in [0, 0.05) is 9.13 Å². The molecule has 1 heterocycles. The molecule has 1 atom stereocenters. The third-order valence-electron chi connectivity index (χ3n) is 3.32. The van der Waals surface area contributed by atoms with Crippen molar-refractivity contribution in [3.63, 3.8) is 0 Å². The van der Waals surface area contributed by atoms with Crippen molar-refractivity contribution in [2.45, 2.75) is 6.04 Å². The van der Waals surface area contributed by atoms with Crippen molar-refractivity contribution in [1.29, 1.82) is 0 Å². The Hall–Kier alpha value is -2.08. The smallest absolute Gasteiger partial charge is 0.252 e. The third-order valence-corrected chi connectivity index (χ3v) is 3.99. The van der Waals surface area contributed by atoms with E-state index in [4.69, 9.17) is 4.42 Å². The van der Waals surface area contributed by atoms with Crippen LogP contribution in [0.5, 0.6) is 0 Å². The van der Waals surface area contributed by atoms with Crippen molar-refractivity contribution in [3.05, 3.63) is 93.5 Å². The molecule has 0 radical (unpaired) electrons. The molecule has 3 nitrogen and oxygen atoms in total. The number of amides is 1. The molecule has 2 aromatic carbocycles. The number of rotatable bonds is 4. The first-order chi connectivity index (χ1) is 10.7. The molecule has 0 spiro atoms. The van der Waals surface area contributed by atoms with Gasteiger partial charge in [-0.15, -0.1) is 0 Å². The minimum absolute atomic E-state index is 0.122. The van der Waals surface area contributed by atoms with Crippen molar-refractivity contribution < 1.29 is 9.21 Å². The second-order valence-corrected chi connectivity index (χ2v) is 6.09. The summed E-state index contributed by atoms with van der Waals surface area (Å²) in [6, 6.07) is 20.7. The van der Waals surface area contributed by atoms with Crippen molar-refractivity contribution in [3.8, 4) is 0 Å². The Bertz CT molecular complexity index is 754. The van der Waals surface area contributed by atoms with E-state index < -0.39 is 0 Å². The zero-order chi connectivity index (χ0) is 15.4. The Morgan fingerprint density at radius 1 is 1.00 bits per heavy atom. The molecule has 0 aliphatic heterocycles. The Morgan fingerprint density at radius 2 is 1.82 bits per heavy atom. The van der Waals surface area contributed by atoms with Crippen molar-refractivity contribution in [2.75, 3.05) is 0 Å². The molecule has 3 rings (SSSR count). The molecule has 22 heavy (non-hydrogen) atoms. The molecular formula is C18H14INO2. The lowest BCUT2D eigenvalue weighted by Gasteiger charge is -2.17. The maximum Gasteiger partial charge on any atom is 0.252 e. The lowest BCUT2D eigenvalue weighted by molar-refractivity contribution is 0.0939. The summed E-state index contributed by atoms with van der Waals surface area (Å²) in [4.78, 5) is 12.5. The molecule has 0 unspecified atom stereocenters. The van der Waals surface area contributed by atoms with E-state index in [9.17, 15) is 4.79 Å². The molecule has 4 heteroatoms. The van der Waals surface area contributed by atoms with E-state index in [0.717, 1.165) is 9.13 Å². The molecular weight excluding hydrogens is 389 g/mol. The van der Waals surface area contributed by atoms with Crippen LogP contribution < -0.4 is 5.32 Å². The van der Waals surface area contributed by atoms with Crippen LogP contribution in [0.25, 0.3) is 0 Å². The normalized spacial score (nSPS) is 11.9. The summed E-state index contributed by atoms with van der Waals surface area (Å²) in [5.41, 5.74) is 1.62. The minimum Gasteiger partial charge on any atom is -0.467 e. The largest absolute Gasteiger partial charge is 0.467 e. The number of furan rings is 1. The van der Waals surface area contributed by atoms with Gasteiger partial charge in [-0.1, -0.05) is 36.4 Å². The van der Waals surface area contributed by atoms with Crippen LogP contribution in [0.3, 0.4) is 0 Å². The summed E-state index contributed by atoms with van der Waals surface area (Å²) in [6.07, 6.45) is 1.61. The standard InChI is InChI=1S/C18H14INO2/c19-15-9-4-8-14(12-15)18(21)20-17(16-10-5-11-22-16)13-6-2-1-3-7-13/h1-12,17H,(H,20,21)/t17-/m0/s1. The van der Waals surface area contributed by atoms with Crippen molar-refractivity contribution in [1.82, 2.24) is 5.32 Å². The monoisotopic (exact) mass is 403 g/mol. The van der Waals surface area contributed by atoms with Crippen LogP contribution in [0.1, 0.15) is 27.7 Å². The lowest BCUT2D eigenvalue weighted by Crippen LogP contribution is -2.29. The van der Waals surface area contributed by atoms with Gasteiger partial charge in [-0.05, 0) is 58.5 Å². The first kappa shape index (κ1) is 14.8. The highest BCUT2D eigenvalue weighted by molar-refractivity contribution is 14.1. The van der Waals surface area contributed by atoms with Crippen LogP contribution in [0.15, 0.2) is 77.4 Å². The number of hydrogen-bond acceptors (Lipinski definition) is 2. The van der Waals surface area contributed by atoms with Crippen LogP contribution >= 0.6 is 22.6 Å². The fourth-order valence-electron chi connectivity index (χ4n) is 2.26. The van der Waals surface area contributed by atoms with Crippen LogP contribution in [0.4, 0.5) is 0 Å². The molecule has 0 bridgehead atoms. The highest BCUT2D eigenvalue weighted by Gasteiger charge is 2.20. The van der Waals surface area contributed by atoms with Gasteiger partial charge in [-0.25, -0.2) is 0 Å². The van der Waals surface area contributed by atoms with Gasteiger partial charge in [0.15, 0.2) is 0 Å². The molecule has 0 saturated heterocycles. The molecule has 0 aliphatic carbocycles. The Labute approximate surface area is 142 Å². The van der Waals surface area contributed by atoms with Crippen LogP contribution in [-0.2, 0) is 0 Å². The van der Waals surface area contributed by atoms with Gasteiger partial charge in [0.25, 0.3) is 5.91 Å². The van der Waals surface area contributed by atoms with E-state index in [2.05, 4.69) is 27.9 Å². The second-order valence-electron chi connectivity index (χ2n) is 4.84.